The van der Waals surface area contributed by atoms with Crippen LogP contribution < -0.4 is 4.57 Å². The smallest absolute Gasteiger partial charge is 0.446 e. The summed E-state index contributed by atoms with van der Waals surface area (Å²) < 4.78 is 3.57. The number of aromatic nitrogens is 2. The molecule has 5 nitrogen and oxygen atoms in total. The molecule has 0 atom stereocenters. The van der Waals surface area contributed by atoms with Crippen LogP contribution in [0.4, 0.5) is 0 Å². The molecule has 1 heterocycles. The van der Waals surface area contributed by atoms with Gasteiger partial charge in [-0.2, -0.15) is 9.13 Å². The predicted molar refractivity (Wildman–Crippen MR) is 82.4 cm³/mol. The molecule has 1 aromatic carbocycles. The predicted octanol–water partition coefficient (Wildman–Crippen LogP) is 1.92. The molecule has 1 N–H and O–H groups in total. The molecular weight excluding hydrogens is 266 g/mol. The van der Waals surface area contributed by atoms with Crippen LogP contribution in [-0.4, -0.2) is 34.6 Å². The number of benzene rings is 1. The Labute approximate surface area is 125 Å². The largest absolute Gasteiger partial charge is 0.455 e. The van der Waals surface area contributed by atoms with Crippen molar-refractivity contribution in [2.75, 3.05) is 14.1 Å². The molecule has 0 spiro atoms. The molecule has 1 amide bonds. The Morgan fingerprint density at radius 3 is 2.48 bits per heavy atom. The third-order valence-electron chi connectivity index (χ3n) is 3.72. The number of nitrogens with zero attached hydrogens (tertiary/aromatic N) is 3. The molecule has 0 unspecified atom stereocenters. The molecule has 21 heavy (non-hydrogen) atoms. The molecule has 1 aromatic heterocycles. The van der Waals surface area contributed by atoms with Crippen molar-refractivity contribution in [3.63, 3.8) is 0 Å². The standard InChI is InChI=1S/C16H23N3O2/c1-10(2)19-13-8-11(3)7-12(4)15(13)18(16(19)21)9-14(20)17(5)6/h7-8,10H,9H2,1-6H3/p+1. The molecule has 0 fully saturated rings. The highest BCUT2D eigenvalue weighted by atomic mass is 16.3. The lowest BCUT2D eigenvalue weighted by molar-refractivity contribution is -0.666. The maximum absolute atomic E-state index is 12.1. The Kier molecular flexibility index (Phi) is 3.94. The third kappa shape index (κ3) is 2.60. The van der Waals surface area contributed by atoms with Gasteiger partial charge in [0.2, 0.25) is 0 Å². The Hall–Kier alpha value is -2.04. The average molecular weight is 290 g/mol. The number of aryl methyl sites for hydroxylation is 2. The highest BCUT2D eigenvalue weighted by molar-refractivity contribution is 5.79. The van der Waals surface area contributed by atoms with Crippen molar-refractivity contribution >= 4 is 16.9 Å². The van der Waals surface area contributed by atoms with E-state index in [0.29, 0.717) is 0 Å². The highest BCUT2D eigenvalue weighted by Crippen LogP contribution is 2.26. The van der Waals surface area contributed by atoms with E-state index in [4.69, 9.17) is 0 Å². The van der Waals surface area contributed by atoms with E-state index in [2.05, 4.69) is 12.1 Å². The summed E-state index contributed by atoms with van der Waals surface area (Å²) in [6.45, 7) is 8.23. The van der Waals surface area contributed by atoms with Crippen LogP contribution in [0.5, 0.6) is 6.01 Å². The topological polar surface area (TPSA) is 49.4 Å². The molecule has 0 aliphatic carbocycles. The molecule has 0 aliphatic heterocycles. The molecule has 0 bridgehead atoms. The van der Waals surface area contributed by atoms with Gasteiger partial charge in [0, 0.05) is 19.7 Å². The first-order valence-corrected chi connectivity index (χ1v) is 7.18. The number of rotatable bonds is 3. The van der Waals surface area contributed by atoms with E-state index in [1.807, 2.05) is 32.3 Å². The van der Waals surface area contributed by atoms with E-state index in [9.17, 15) is 9.90 Å². The van der Waals surface area contributed by atoms with Crippen molar-refractivity contribution in [2.24, 2.45) is 0 Å². The van der Waals surface area contributed by atoms with Crippen molar-refractivity contribution < 1.29 is 14.5 Å². The summed E-state index contributed by atoms with van der Waals surface area (Å²) in [4.78, 5) is 13.6. The van der Waals surface area contributed by atoms with E-state index < -0.39 is 0 Å². The quantitative estimate of drug-likeness (QED) is 0.878. The maximum atomic E-state index is 12.1. The minimum atomic E-state index is -0.0434. The van der Waals surface area contributed by atoms with Gasteiger partial charge >= 0.3 is 6.01 Å². The van der Waals surface area contributed by atoms with Crippen LogP contribution in [0, 0.1) is 13.8 Å². The summed E-state index contributed by atoms with van der Waals surface area (Å²) in [5.74, 6) is -0.0434. The summed E-state index contributed by atoms with van der Waals surface area (Å²) in [7, 11) is 3.44. The fraction of sp³-hybridized carbons (Fsp3) is 0.500. The van der Waals surface area contributed by atoms with Crippen LogP contribution in [-0.2, 0) is 11.3 Å². The van der Waals surface area contributed by atoms with Gasteiger partial charge in [0.15, 0.2) is 17.6 Å². The monoisotopic (exact) mass is 290 g/mol. The van der Waals surface area contributed by atoms with Gasteiger partial charge in [0.25, 0.3) is 5.91 Å². The summed E-state index contributed by atoms with van der Waals surface area (Å²) in [6, 6.07) is 4.37. The van der Waals surface area contributed by atoms with Gasteiger partial charge in [0.05, 0.1) is 6.04 Å². The second-order valence-electron chi connectivity index (χ2n) is 6.09. The first-order chi connectivity index (χ1) is 9.73. The zero-order valence-corrected chi connectivity index (χ0v) is 13.6. The minimum Gasteiger partial charge on any atom is -0.446 e. The Balaban J connectivity index is 2.75. The van der Waals surface area contributed by atoms with Crippen LogP contribution >= 0.6 is 0 Å². The highest BCUT2D eigenvalue weighted by Gasteiger charge is 2.29. The number of aromatic hydroxyl groups is 1. The molecule has 0 radical (unpaired) electrons. The van der Waals surface area contributed by atoms with Crippen LogP contribution in [0.15, 0.2) is 12.1 Å². The van der Waals surface area contributed by atoms with Gasteiger partial charge in [-0.25, -0.2) is 0 Å². The number of carbonyl (C=O) groups excluding carboxylic acids is 1. The number of amides is 1. The summed E-state index contributed by atoms with van der Waals surface area (Å²) in [6.07, 6.45) is 0. The summed E-state index contributed by atoms with van der Waals surface area (Å²) in [5, 5.41) is 10.6. The average Bonchev–Trinajstić information content (AvgIpc) is 2.61. The molecule has 2 rings (SSSR count). The van der Waals surface area contributed by atoms with E-state index in [1.165, 1.54) is 4.90 Å². The number of hydrogen-bond acceptors (Lipinski definition) is 2. The van der Waals surface area contributed by atoms with Crippen molar-refractivity contribution in [2.45, 2.75) is 40.3 Å². The maximum Gasteiger partial charge on any atom is 0.455 e. The van der Waals surface area contributed by atoms with E-state index in [1.54, 1.807) is 18.7 Å². The van der Waals surface area contributed by atoms with Gasteiger partial charge < -0.3 is 10.0 Å². The molecule has 0 saturated carbocycles. The van der Waals surface area contributed by atoms with Gasteiger partial charge in [-0.1, -0.05) is 6.07 Å². The summed E-state index contributed by atoms with van der Waals surface area (Å²) in [5.41, 5.74) is 4.09. The van der Waals surface area contributed by atoms with Gasteiger partial charge in [-0.3, -0.25) is 4.79 Å². The number of hydrogen-bond donors (Lipinski definition) is 1. The van der Waals surface area contributed by atoms with Gasteiger partial charge in [0.1, 0.15) is 0 Å². The Bertz CT molecular complexity index is 699. The fourth-order valence-electron chi connectivity index (χ4n) is 2.75. The van der Waals surface area contributed by atoms with Gasteiger partial charge in [-0.15, -0.1) is 0 Å². The van der Waals surface area contributed by atoms with E-state index >= 15 is 0 Å². The number of imidazole rings is 1. The van der Waals surface area contributed by atoms with Crippen LogP contribution in [0.3, 0.4) is 0 Å². The molecule has 0 saturated heterocycles. The fourth-order valence-corrected chi connectivity index (χ4v) is 2.75. The minimum absolute atomic E-state index is 0.0434. The summed E-state index contributed by atoms with van der Waals surface area (Å²) >= 11 is 0. The Morgan fingerprint density at radius 1 is 1.33 bits per heavy atom. The normalized spacial score (nSPS) is 11.4. The van der Waals surface area contributed by atoms with Crippen LogP contribution in [0.25, 0.3) is 11.0 Å². The van der Waals surface area contributed by atoms with Crippen LogP contribution in [0.2, 0.25) is 0 Å². The molecule has 0 aliphatic rings. The first kappa shape index (κ1) is 15.4. The van der Waals surface area contributed by atoms with Crippen molar-refractivity contribution in [3.8, 4) is 6.01 Å². The Morgan fingerprint density at radius 2 is 1.95 bits per heavy atom. The molecule has 2 aromatic rings. The second-order valence-corrected chi connectivity index (χ2v) is 6.09. The zero-order chi connectivity index (χ0) is 15.9. The van der Waals surface area contributed by atoms with Gasteiger partial charge in [-0.05, 0) is 39.3 Å². The van der Waals surface area contributed by atoms with Crippen LogP contribution in [0.1, 0.15) is 31.0 Å². The molecule has 114 valence electrons. The van der Waals surface area contributed by atoms with Crippen molar-refractivity contribution in [3.05, 3.63) is 23.3 Å². The lowest BCUT2D eigenvalue weighted by Crippen LogP contribution is -2.42. The zero-order valence-electron chi connectivity index (χ0n) is 13.6. The van der Waals surface area contributed by atoms with E-state index in [0.717, 1.165) is 22.2 Å². The van der Waals surface area contributed by atoms with Crippen molar-refractivity contribution in [1.82, 2.24) is 9.47 Å². The number of likely N-dealkylation sites (N-methyl/N-ethyl adjacent to an activating group) is 1. The molecule has 5 heteroatoms. The lowest BCUT2D eigenvalue weighted by atomic mass is 10.1. The third-order valence-corrected chi connectivity index (χ3v) is 3.72. The molecular formula is C16H24N3O2+. The van der Waals surface area contributed by atoms with E-state index in [-0.39, 0.29) is 24.5 Å². The second kappa shape index (κ2) is 5.39. The lowest BCUT2D eigenvalue weighted by Gasteiger charge is -2.08. The SMILES string of the molecule is Cc1cc(C)c2c(c1)n(C(C)C)c(O)[n+]2CC(=O)N(C)C. The van der Waals surface area contributed by atoms with Crippen molar-refractivity contribution in [1.29, 1.82) is 0 Å². The first-order valence-electron chi connectivity index (χ1n) is 7.18. The number of fused-ring (bicyclic) bond motifs is 1. The number of carbonyl (C=O) groups is 1.